The Labute approximate surface area is 89.7 Å². The van der Waals surface area contributed by atoms with Crippen molar-refractivity contribution in [2.24, 2.45) is 0 Å². The zero-order valence-corrected chi connectivity index (χ0v) is 9.23. The number of likely N-dealkylation sites (N-methyl/N-ethyl adjacent to an activating group) is 1. The molecular weight excluding hydrogens is 190 g/mol. The number of hydrogen-bond donors (Lipinski definition) is 0. The monoisotopic (exact) mass is 205 g/mol. The maximum atomic E-state index is 11.7. The van der Waals surface area contributed by atoms with Crippen molar-refractivity contribution >= 4 is 5.91 Å². The minimum Gasteiger partial charge on any atom is -0.351 e. The molecule has 1 aliphatic rings. The average Bonchev–Trinajstić information content (AvgIpc) is 2.92. The van der Waals surface area contributed by atoms with Crippen LogP contribution in [-0.2, 0) is 15.1 Å². The van der Waals surface area contributed by atoms with E-state index in [0.717, 1.165) is 5.56 Å². The largest absolute Gasteiger partial charge is 0.351 e. The Bertz CT molecular complexity index is 374. The zero-order valence-electron chi connectivity index (χ0n) is 9.23. The number of rotatable bonds is 2. The number of ether oxygens (including phenoxy) is 1. The van der Waals surface area contributed by atoms with Crippen LogP contribution in [0.3, 0.4) is 0 Å². The molecule has 1 aromatic rings. The van der Waals surface area contributed by atoms with Crippen molar-refractivity contribution in [3.63, 3.8) is 0 Å². The van der Waals surface area contributed by atoms with Gasteiger partial charge in [0.1, 0.15) is 5.60 Å². The van der Waals surface area contributed by atoms with Crippen LogP contribution in [0.25, 0.3) is 0 Å². The van der Waals surface area contributed by atoms with Gasteiger partial charge in [-0.15, -0.1) is 0 Å². The molecule has 3 heteroatoms. The van der Waals surface area contributed by atoms with E-state index < -0.39 is 5.60 Å². The fourth-order valence-electron chi connectivity index (χ4n) is 1.72. The average molecular weight is 205 g/mol. The maximum absolute atomic E-state index is 11.7. The summed E-state index contributed by atoms with van der Waals surface area (Å²) in [7, 11) is 3.49. The molecule has 0 unspecified atom stereocenters. The molecule has 1 saturated heterocycles. The van der Waals surface area contributed by atoms with Gasteiger partial charge in [0.15, 0.2) is 6.10 Å². The van der Waals surface area contributed by atoms with Crippen LogP contribution in [0.4, 0.5) is 0 Å². The molecule has 0 aromatic heterocycles. The number of benzene rings is 1. The molecule has 1 aromatic carbocycles. The molecule has 1 fully saturated rings. The highest BCUT2D eigenvalue weighted by Crippen LogP contribution is 2.46. The van der Waals surface area contributed by atoms with Gasteiger partial charge < -0.3 is 9.64 Å². The summed E-state index contributed by atoms with van der Waals surface area (Å²) >= 11 is 0. The molecule has 0 saturated carbocycles. The number of epoxide rings is 1. The molecule has 1 amide bonds. The first-order valence-corrected chi connectivity index (χ1v) is 5.00. The second-order valence-electron chi connectivity index (χ2n) is 4.20. The second kappa shape index (κ2) is 3.35. The molecule has 3 nitrogen and oxygen atoms in total. The Morgan fingerprint density at radius 2 is 1.93 bits per heavy atom. The molecule has 1 heterocycles. The molecule has 80 valence electrons. The van der Waals surface area contributed by atoms with Gasteiger partial charge in [0, 0.05) is 14.1 Å². The van der Waals surface area contributed by atoms with E-state index in [0.29, 0.717) is 0 Å². The van der Waals surface area contributed by atoms with E-state index in [1.807, 2.05) is 37.3 Å². The number of carbonyl (C=O) groups is 1. The highest BCUT2D eigenvalue weighted by Gasteiger charge is 2.58. The summed E-state index contributed by atoms with van der Waals surface area (Å²) < 4.78 is 5.52. The molecule has 0 N–H and O–H groups in total. The van der Waals surface area contributed by atoms with E-state index in [1.165, 1.54) is 0 Å². The number of carbonyl (C=O) groups excluding carboxylic acids is 1. The summed E-state index contributed by atoms with van der Waals surface area (Å²) in [4.78, 5) is 13.3. The van der Waals surface area contributed by atoms with Gasteiger partial charge in [-0.2, -0.15) is 0 Å². The molecule has 1 aliphatic heterocycles. The van der Waals surface area contributed by atoms with Crippen LogP contribution in [0.5, 0.6) is 0 Å². The van der Waals surface area contributed by atoms with Crippen molar-refractivity contribution in [1.82, 2.24) is 4.90 Å². The predicted molar refractivity (Wildman–Crippen MR) is 57.4 cm³/mol. The lowest BCUT2D eigenvalue weighted by Gasteiger charge is -2.10. The molecule has 0 spiro atoms. The Kier molecular flexibility index (Phi) is 2.27. The lowest BCUT2D eigenvalue weighted by Crippen LogP contribution is -2.29. The molecule has 0 bridgehead atoms. The first kappa shape index (κ1) is 10.2. The van der Waals surface area contributed by atoms with Gasteiger partial charge in [0.05, 0.1) is 0 Å². The first-order chi connectivity index (χ1) is 7.05. The second-order valence-corrected chi connectivity index (χ2v) is 4.20. The lowest BCUT2D eigenvalue weighted by atomic mass is 9.97. The topological polar surface area (TPSA) is 32.8 Å². The smallest absolute Gasteiger partial charge is 0.254 e. The normalized spacial score (nSPS) is 28.6. The molecule has 15 heavy (non-hydrogen) atoms. The standard InChI is InChI=1S/C12H15NO2/c1-12(9-7-5-4-6-8-9)10(15-12)11(14)13(2)3/h4-8,10H,1-3H3/t10-,12+/m0/s1. The predicted octanol–water partition coefficient (Wildman–Crippen LogP) is 1.39. The van der Waals surface area contributed by atoms with Crippen LogP contribution in [-0.4, -0.2) is 31.0 Å². The fraction of sp³-hybridized carbons (Fsp3) is 0.417. The van der Waals surface area contributed by atoms with Gasteiger partial charge in [-0.1, -0.05) is 30.3 Å². The van der Waals surface area contributed by atoms with Gasteiger partial charge in [0.2, 0.25) is 0 Å². The SMILES string of the molecule is CN(C)C(=O)[C@@H]1O[C@]1(C)c1ccccc1. The summed E-state index contributed by atoms with van der Waals surface area (Å²) in [6.45, 7) is 1.95. The van der Waals surface area contributed by atoms with Gasteiger partial charge >= 0.3 is 0 Å². The quantitative estimate of drug-likeness (QED) is 0.683. The Hall–Kier alpha value is -1.35. The van der Waals surface area contributed by atoms with Crippen molar-refractivity contribution in [2.75, 3.05) is 14.1 Å². The van der Waals surface area contributed by atoms with E-state index in [9.17, 15) is 4.79 Å². The number of amides is 1. The number of hydrogen-bond acceptors (Lipinski definition) is 2. The summed E-state index contributed by atoms with van der Waals surface area (Å²) in [5.41, 5.74) is 0.632. The van der Waals surface area contributed by atoms with Crippen LogP contribution >= 0.6 is 0 Å². The Balaban J connectivity index is 2.17. The van der Waals surface area contributed by atoms with Crippen molar-refractivity contribution in [2.45, 2.75) is 18.6 Å². The van der Waals surface area contributed by atoms with Gasteiger partial charge in [-0.25, -0.2) is 0 Å². The van der Waals surface area contributed by atoms with Crippen LogP contribution in [0.15, 0.2) is 30.3 Å². The molecular formula is C12H15NO2. The van der Waals surface area contributed by atoms with Gasteiger partial charge in [-0.05, 0) is 12.5 Å². The van der Waals surface area contributed by atoms with Crippen molar-refractivity contribution in [3.05, 3.63) is 35.9 Å². The van der Waals surface area contributed by atoms with Gasteiger partial charge in [-0.3, -0.25) is 4.79 Å². The van der Waals surface area contributed by atoms with Crippen molar-refractivity contribution in [1.29, 1.82) is 0 Å². The van der Waals surface area contributed by atoms with E-state index in [1.54, 1.807) is 19.0 Å². The molecule has 2 rings (SSSR count). The van der Waals surface area contributed by atoms with Crippen molar-refractivity contribution < 1.29 is 9.53 Å². The van der Waals surface area contributed by atoms with E-state index in [2.05, 4.69) is 0 Å². The fourth-order valence-corrected chi connectivity index (χ4v) is 1.72. The molecule has 0 radical (unpaired) electrons. The highest BCUT2D eigenvalue weighted by molar-refractivity contribution is 5.84. The third-order valence-corrected chi connectivity index (χ3v) is 2.82. The summed E-state index contributed by atoms with van der Waals surface area (Å²) in [5, 5.41) is 0. The zero-order chi connectivity index (χ0) is 11.1. The van der Waals surface area contributed by atoms with Crippen LogP contribution in [0, 0.1) is 0 Å². The molecule has 0 aliphatic carbocycles. The minimum absolute atomic E-state index is 0.0290. The summed E-state index contributed by atoms with van der Waals surface area (Å²) in [6, 6.07) is 9.85. The lowest BCUT2D eigenvalue weighted by molar-refractivity contribution is -0.130. The Morgan fingerprint density at radius 3 is 2.47 bits per heavy atom. The number of nitrogens with zero attached hydrogens (tertiary/aromatic N) is 1. The summed E-state index contributed by atoms with van der Waals surface area (Å²) in [5.74, 6) is 0.0290. The van der Waals surface area contributed by atoms with E-state index in [4.69, 9.17) is 4.74 Å². The maximum Gasteiger partial charge on any atom is 0.254 e. The van der Waals surface area contributed by atoms with Crippen LogP contribution < -0.4 is 0 Å². The molecule has 2 atom stereocenters. The Morgan fingerprint density at radius 1 is 1.33 bits per heavy atom. The van der Waals surface area contributed by atoms with E-state index in [-0.39, 0.29) is 12.0 Å². The van der Waals surface area contributed by atoms with Crippen LogP contribution in [0.2, 0.25) is 0 Å². The summed E-state index contributed by atoms with van der Waals surface area (Å²) in [6.07, 6.45) is -0.324. The van der Waals surface area contributed by atoms with Crippen molar-refractivity contribution in [3.8, 4) is 0 Å². The highest BCUT2D eigenvalue weighted by atomic mass is 16.6. The first-order valence-electron chi connectivity index (χ1n) is 5.00. The van der Waals surface area contributed by atoms with Gasteiger partial charge in [0.25, 0.3) is 5.91 Å². The third kappa shape index (κ3) is 1.63. The minimum atomic E-state index is -0.428. The third-order valence-electron chi connectivity index (χ3n) is 2.82. The van der Waals surface area contributed by atoms with Crippen LogP contribution in [0.1, 0.15) is 12.5 Å². The van der Waals surface area contributed by atoms with E-state index >= 15 is 0 Å².